The van der Waals surface area contributed by atoms with E-state index >= 15 is 0 Å². The Hall–Kier alpha value is -3.31. The SMILES string of the molecule is COc1ccc(C2NC(=O)c3sc4nc(-c5cccs5)cc(C(F)(F)F)c4c3N2)c(OC)c1C. The Kier molecular flexibility index (Phi) is 5.40. The molecular weight excluding hydrogens is 487 g/mol. The van der Waals surface area contributed by atoms with Crippen LogP contribution >= 0.6 is 22.7 Å². The first-order chi connectivity index (χ1) is 16.2. The number of benzene rings is 1. The summed E-state index contributed by atoms with van der Waals surface area (Å²) in [5, 5.41) is 7.58. The van der Waals surface area contributed by atoms with Gasteiger partial charge in [-0.1, -0.05) is 6.07 Å². The summed E-state index contributed by atoms with van der Waals surface area (Å²) in [4.78, 5) is 18.4. The van der Waals surface area contributed by atoms with E-state index in [9.17, 15) is 18.0 Å². The molecule has 34 heavy (non-hydrogen) atoms. The average Bonchev–Trinajstić information content (AvgIpc) is 3.46. The number of hydrogen-bond acceptors (Lipinski definition) is 7. The van der Waals surface area contributed by atoms with Crippen molar-refractivity contribution in [2.24, 2.45) is 0 Å². The molecule has 4 aromatic rings. The lowest BCUT2D eigenvalue weighted by atomic mass is 10.0. The second-order valence-electron chi connectivity index (χ2n) is 7.58. The third-order valence-corrected chi connectivity index (χ3v) is 7.61. The quantitative estimate of drug-likeness (QED) is 0.344. The maximum atomic E-state index is 14.2. The fraction of sp³-hybridized carbons (Fsp3) is 0.217. The van der Waals surface area contributed by atoms with Gasteiger partial charge in [-0.15, -0.1) is 22.7 Å². The highest BCUT2D eigenvalue weighted by Gasteiger charge is 2.39. The number of thiophene rings is 2. The minimum absolute atomic E-state index is 0.113. The Labute approximate surface area is 200 Å². The fourth-order valence-electron chi connectivity index (χ4n) is 4.12. The number of rotatable bonds is 4. The molecule has 4 heterocycles. The van der Waals surface area contributed by atoms with Crippen LogP contribution in [0.5, 0.6) is 11.5 Å². The zero-order valence-electron chi connectivity index (χ0n) is 18.2. The van der Waals surface area contributed by atoms with E-state index in [2.05, 4.69) is 15.6 Å². The van der Waals surface area contributed by atoms with Crippen LogP contribution in [0.2, 0.25) is 0 Å². The maximum Gasteiger partial charge on any atom is 0.417 e. The summed E-state index contributed by atoms with van der Waals surface area (Å²) in [6.45, 7) is 1.80. The Bertz CT molecular complexity index is 1410. The van der Waals surface area contributed by atoms with Crippen molar-refractivity contribution < 1.29 is 27.4 Å². The van der Waals surface area contributed by atoms with Crippen LogP contribution in [0.15, 0.2) is 35.7 Å². The van der Waals surface area contributed by atoms with Crippen LogP contribution in [0, 0.1) is 6.92 Å². The second kappa shape index (κ2) is 8.17. The van der Waals surface area contributed by atoms with E-state index in [0.29, 0.717) is 27.5 Å². The highest BCUT2D eigenvalue weighted by atomic mass is 32.1. The molecule has 5 rings (SSSR count). The Morgan fingerprint density at radius 2 is 1.91 bits per heavy atom. The van der Waals surface area contributed by atoms with Gasteiger partial charge in [0.05, 0.1) is 36.0 Å². The number of halogens is 3. The van der Waals surface area contributed by atoms with Gasteiger partial charge in [-0.05, 0) is 36.6 Å². The number of hydrogen-bond donors (Lipinski definition) is 2. The summed E-state index contributed by atoms with van der Waals surface area (Å²) in [6, 6.07) is 7.94. The number of nitrogens with zero attached hydrogens (tertiary/aromatic N) is 1. The van der Waals surface area contributed by atoms with Gasteiger partial charge < -0.3 is 20.1 Å². The molecule has 1 aromatic carbocycles. The predicted octanol–water partition coefficient (Wildman–Crippen LogP) is 6.22. The van der Waals surface area contributed by atoms with E-state index in [1.165, 1.54) is 25.6 Å². The molecule has 3 aromatic heterocycles. The molecule has 0 saturated heterocycles. The molecule has 176 valence electrons. The Balaban J connectivity index is 1.69. The number of ether oxygens (including phenoxy) is 2. The third kappa shape index (κ3) is 3.55. The van der Waals surface area contributed by atoms with Crippen molar-refractivity contribution in [1.29, 1.82) is 0 Å². The van der Waals surface area contributed by atoms with E-state index in [4.69, 9.17) is 9.47 Å². The Morgan fingerprint density at radius 1 is 1.12 bits per heavy atom. The van der Waals surface area contributed by atoms with Crippen LogP contribution in [0.4, 0.5) is 18.9 Å². The van der Waals surface area contributed by atoms with E-state index < -0.39 is 23.8 Å². The van der Waals surface area contributed by atoms with Crippen molar-refractivity contribution in [3.05, 3.63) is 57.3 Å². The van der Waals surface area contributed by atoms with Crippen LogP contribution in [0.3, 0.4) is 0 Å². The molecule has 0 fully saturated rings. The smallest absolute Gasteiger partial charge is 0.417 e. The summed E-state index contributed by atoms with van der Waals surface area (Å²) in [5.74, 6) is 0.575. The van der Waals surface area contributed by atoms with Gasteiger partial charge >= 0.3 is 6.18 Å². The van der Waals surface area contributed by atoms with Crippen molar-refractivity contribution in [3.63, 3.8) is 0 Å². The lowest BCUT2D eigenvalue weighted by molar-refractivity contribution is -0.136. The van der Waals surface area contributed by atoms with E-state index in [1.807, 2.05) is 0 Å². The number of pyridine rings is 1. The lowest BCUT2D eigenvalue weighted by Gasteiger charge is -2.28. The molecule has 0 saturated carbocycles. The average molecular weight is 506 g/mol. The molecule has 0 spiro atoms. The molecule has 1 atom stereocenters. The number of alkyl halides is 3. The zero-order chi connectivity index (χ0) is 24.2. The minimum Gasteiger partial charge on any atom is -0.496 e. The summed E-state index contributed by atoms with van der Waals surface area (Å²) in [5.41, 5.74) is 0.769. The molecule has 6 nitrogen and oxygen atoms in total. The molecule has 0 radical (unpaired) electrons. The van der Waals surface area contributed by atoms with Gasteiger partial charge in [0.2, 0.25) is 0 Å². The number of amides is 1. The number of methoxy groups -OCH3 is 2. The topological polar surface area (TPSA) is 72.5 Å². The largest absolute Gasteiger partial charge is 0.496 e. The number of carbonyl (C=O) groups is 1. The first-order valence-corrected chi connectivity index (χ1v) is 11.8. The molecular formula is C23H18F3N3O3S2. The number of carbonyl (C=O) groups excluding carboxylic acids is 1. The summed E-state index contributed by atoms with van der Waals surface area (Å²) < 4.78 is 53.4. The van der Waals surface area contributed by atoms with E-state index in [-0.39, 0.29) is 26.5 Å². The van der Waals surface area contributed by atoms with Gasteiger partial charge in [-0.3, -0.25) is 4.79 Å². The predicted molar refractivity (Wildman–Crippen MR) is 126 cm³/mol. The fourth-order valence-corrected chi connectivity index (χ4v) is 5.87. The van der Waals surface area contributed by atoms with Crippen molar-refractivity contribution in [2.45, 2.75) is 19.3 Å². The maximum absolute atomic E-state index is 14.2. The van der Waals surface area contributed by atoms with Crippen LogP contribution in [0.1, 0.15) is 32.5 Å². The van der Waals surface area contributed by atoms with Crippen molar-refractivity contribution in [2.75, 3.05) is 19.5 Å². The van der Waals surface area contributed by atoms with E-state index in [0.717, 1.165) is 17.4 Å². The molecule has 1 aliphatic heterocycles. The summed E-state index contributed by atoms with van der Waals surface area (Å²) >= 11 is 2.23. The van der Waals surface area contributed by atoms with Crippen LogP contribution in [-0.2, 0) is 6.18 Å². The minimum atomic E-state index is -4.64. The zero-order valence-corrected chi connectivity index (χ0v) is 19.8. The van der Waals surface area contributed by atoms with Crippen molar-refractivity contribution in [1.82, 2.24) is 10.3 Å². The Morgan fingerprint density at radius 3 is 2.56 bits per heavy atom. The van der Waals surface area contributed by atoms with Gasteiger partial charge in [0, 0.05) is 16.5 Å². The molecule has 2 N–H and O–H groups in total. The van der Waals surface area contributed by atoms with Gasteiger partial charge in [-0.2, -0.15) is 13.2 Å². The highest BCUT2D eigenvalue weighted by Crippen LogP contribution is 2.47. The molecule has 1 amide bonds. The molecule has 0 aliphatic carbocycles. The molecule has 1 unspecified atom stereocenters. The molecule has 0 bridgehead atoms. The second-order valence-corrected chi connectivity index (χ2v) is 9.53. The first-order valence-electron chi connectivity index (χ1n) is 10.1. The third-order valence-electron chi connectivity index (χ3n) is 5.63. The first kappa shape index (κ1) is 22.5. The van der Waals surface area contributed by atoms with Crippen LogP contribution in [0.25, 0.3) is 20.8 Å². The van der Waals surface area contributed by atoms with Gasteiger partial charge in [0.25, 0.3) is 5.91 Å². The standard InChI is InChI=1S/C23H18F3N3O3S2/c1-10-14(31-2)7-6-11(18(10)32-3)20-28-17-16-12(23(24,25)26)9-13(15-5-4-8-33-15)27-22(16)34-19(17)21(30)29-20/h4-9,20,28H,1-3H3,(H,29,30). The molecule has 11 heteroatoms. The van der Waals surface area contributed by atoms with Gasteiger partial charge in [0.15, 0.2) is 0 Å². The summed E-state index contributed by atoms with van der Waals surface area (Å²) in [7, 11) is 3.01. The van der Waals surface area contributed by atoms with Gasteiger partial charge in [-0.25, -0.2) is 4.98 Å². The number of anilines is 1. The molecule has 1 aliphatic rings. The van der Waals surface area contributed by atoms with Gasteiger partial charge in [0.1, 0.15) is 27.4 Å². The highest BCUT2D eigenvalue weighted by molar-refractivity contribution is 7.21. The van der Waals surface area contributed by atoms with Crippen molar-refractivity contribution >= 4 is 44.5 Å². The van der Waals surface area contributed by atoms with E-state index in [1.54, 1.807) is 36.6 Å². The van der Waals surface area contributed by atoms with Crippen LogP contribution < -0.4 is 20.1 Å². The number of aromatic nitrogens is 1. The number of nitrogens with one attached hydrogen (secondary N) is 2. The van der Waals surface area contributed by atoms with Crippen LogP contribution in [-0.4, -0.2) is 25.1 Å². The lowest BCUT2D eigenvalue weighted by Crippen LogP contribution is -2.38. The van der Waals surface area contributed by atoms with Crippen molar-refractivity contribution in [3.8, 4) is 22.1 Å². The number of fused-ring (bicyclic) bond motifs is 3. The monoisotopic (exact) mass is 505 g/mol. The summed E-state index contributed by atoms with van der Waals surface area (Å²) in [6.07, 6.45) is -5.45. The normalized spacial score (nSPS) is 15.6.